The Kier molecular flexibility index (Phi) is 4.27. The number of methoxy groups -OCH3 is 1. The van der Waals surface area contributed by atoms with Crippen molar-refractivity contribution in [1.82, 2.24) is 4.98 Å². The summed E-state index contributed by atoms with van der Waals surface area (Å²) < 4.78 is 43.8. The second kappa shape index (κ2) is 5.98. The Labute approximate surface area is 125 Å². The van der Waals surface area contributed by atoms with E-state index >= 15 is 0 Å². The fraction of sp³-hybridized carbons (Fsp3) is 0.0769. The molecule has 0 amide bonds. The van der Waals surface area contributed by atoms with E-state index in [1.807, 2.05) is 0 Å². The Morgan fingerprint density at radius 2 is 1.95 bits per heavy atom. The zero-order valence-electron chi connectivity index (χ0n) is 11.2. The normalized spacial score (nSPS) is 11.0. The van der Waals surface area contributed by atoms with Crippen LogP contribution in [-0.2, 0) is 15.0 Å². The molecule has 0 aliphatic heterocycles. The van der Waals surface area contributed by atoms with Crippen molar-refractivity contribution < 1.29 is 31.7 Å². The second-order valence-corrected chi connectivity index (χ2v) is 5.37. The number of carbonyl (C=O) groups excluding carboxylic acids is 1. The highest BCUT2D eigenvalue weighted by Gasteiger charge is 2.14. The summed E-state index contributed by atoms with van der Waals surface area (Å²) in [6.07, 6.45) is 0.994. The summed E-state index contributed by atoms with van der Waals surface area (Å²) in [7, 11) is -3.70. The average molecular weight is 327 g/mol. The average Bonchev–Trinajstić information content (AvgIpc) is 2.45. The number of halogens is 1. The Morgan fingerprint density at radius 3 is 2.50 bits per heavy atom. The van der Waals surface area contributed by atoms with Crippen LogP contribution in [0.5, 0.6) is 17.2 Å². The van der Waals surface area contributed by atoms with Gasteiger partial charge in [-0.05, 0) is 24.3 Å². The largest absolute Gasteiger partial charge is 0.508 e. The molecule has 22 heavy (non-hydrogen) atoms. The number of hydrogen-bond donors (Lipinski definition) is 1. The van der Waals surface area contributed by atoms with E-state index in [2.05, 4.69) is 9.72 Å². The second-order valence-electron chi connectivity index (χ2n) is 4.08. The number of hydrogen-bond acceptors (Lipinski definition) is 7. The molecule has 1 heterocycles. The summed E-state index contributed by atoms with van der Waals surface area (Å²) in [6, 6.07) is 5.84. The van der Waals surface area contributed by atoms with Crippen LogP contribution in [0.2, 0.25) is 0 Å². The van der Waals surface area contributed by atoms with Crippen molar-refractivity contribution in [2.45, 2.75) is 5.03 Å². The highest BCUT2D eigenvalue weighted by molar-refractivity contribution is 7.86. The number of phenolic OH excluding ortho intramolecular Hbond substituents is 1. The molecule has 0 unspecified atom stereocenters. The number of phenols is 1. The highest BCUT2D eigenvalue weighted by Crippen LogP contribution is 2.27. The first-order chi connectivity index (χ1) is 10.3. The molecule has 0 fully saturated rings. The molecule has 1 aromatic carbocycles. The van der Waals surface area contributed by atoms with Gasteiger partial charge in [0.2, 0.25) is 0 Å². The minimum Gasteiger partial charge on any atom is -0.508 e. The van der Waals surface area contributed by atoms with E-state index in [0.29, 0.717) is 0 Å². The van der Waals surface area contributed by atoms with Crippen molar-refractivity contribution in [2.75, 3.05) is 7.11 Å². The third-order valence-corrected chi connectivity index (χ3v) is 3.25. The zero-order chi connectivity index (χ0) is 16.3. The number of carbonyl (C=O) groups is 1. The number of benzene rings is 1. The number of esters is 1. The van der Waals surface area contributed by atoms with Gasteiger partial charge < -0.3 is 14.6 Å². The van der Waals surface area contributed by atoms with E-state index in [0.717, 1.165) is 12.3 Å². The van der Waals surface area contributed by atoms with Crippen LogP contribution in [-0.4, -0.2) is 31.6 Å². The Morgan fingerprint density at radius 1 is 1.23 bits per heavy atom. The van der Waals surface area contributed by atoms with Crippen molar-refractivity contribution in [3.05, 3.63) is 42.1 Å². The number of pyridine rings is 1. The van der Waals surface area contributed by atoms with E-state index in [9.17, 15) is 22.2 Å². The molecule has 2 aromatic rings. The molecular weight excluding hydrogens is 317 g/mol. The van der Waals surface area contributed by atoms with Crippen LogP contribution in [0.3, 0.4) is 0 Å². The van der Waals surface area contributed by atoms with Gasteiger partial charge in [0, 0.05) is 6.07 Å². The van der Waals surface area contributed by atoms with Gasteiger partial charge in [-0.1, -0.05) is 3.89 Å². The van der Waals surface area contributed by atoms with E-state index in [4.69, 9.17) is 4.74 Å². The molecule has 1 N–H and O–H groups in total. The summed E-state index contributed by atoms with van der Waals surface area (Å²) >= 11 is 0. The van der Waals surface area contributed by atoms with Crippen molar-refractivity contribution >= 4 is 16.2 Å². The maximum Gasteiger partial charge on any atom is 0.349 e. The van der Waals surface area contributed by atoms with Crippen molar-refractivity contribution in [1.29, 1.82) is 0 Å². The number of ether oxygens (including phenoxy) is 2. The molecule has 0 saturated heterocycles. The van der Waals surface area contributed by atoms with Gasteiger partial charge in [-0.25, -0.2) is 9.78 Å². The lowest BCUT2D eigenvalue weighted by atomic mass is 10.2. The summed E-state index contributed by atoms with van der Waals surface area (Å²) in [4.78, 5) is 14.8. The third-order valence-electron chi connectivity index (χ3n) is 2.51. The fourth-order valence-corrected chi connectivity index (χ4v) is 1.99. The molecule has 2 rings (SSSR count). The molecule has 7 nitrogen and oxygen atoms in total. The van der Waals surface area contributed by atoms with E-state index in [1.54, 1.807) is 0 Å². The molecule has 0 saturated carbocycles. The van der Waals surface area contributed by atoms with Crippen molar-refractivity contribution in [3.8, 4) is 17.2 Å². The van der Waals surface area contributed by atoms with Gasteiger partial charge in [-0.2, -0.15) is 8.42 Å². The molecule has 0 spiro atoms. The Hall–Kier alpha value is -2.68. The van der Waals surface area contributed by atoms with Gasteiger partial charge >= 0.3 is 16.2 Å². The van der Waals surface area contributed by atoms with Crippen LogP contribution in [0.4, 0.5) is 3.89 Å². The summed E-state index contributed by atoms with van der Waals surface area (Å²) in [5.74, 6) is -0.710. The lowest BCUT2D eigenvalue weighted by Crippen LogP contribution is -2.01. The van der Waals surface area contributed by atoms with Crippen molar-refractivity contribution in [3.63, 3.8) is 0 Å². The molecule has 0 bridgehead atoms. The molecular formula is C13H10FNO6S. The van der Waals surface area contributed by atoms with Gasteiger partial charge in [0.15, 0.2) is 5.03 Å². The maximum atomic E-state index is 12.7. The van der Waals surface area contributed by atoms with Gasteiger partial charge in [0.25, 0.3) is 0 Å². The number of rotatable bonds is 4. The van der Waals surface area contributed by atoms with Gasteiger partial charge in [0.1, 0.15) is 17.2 Å². The first-order valence-corrected chi connectivity index (χ1v) is 7.19. The number of aromatic hydroxyl groups is 1. The number of nitrogens with zero attached hydrogens (tertiary/aromatic N) is 1. The third kappa shape index (κ3) is 3.70. The first-order valence-electron chi connectivity index (χ1n) is 5.80. The van der Waals surface area contributed by atoms with Crippen LogP contribution in [0.25, 0.3) is 0 Å². The van der Waals surface area contributed by atoms with Gasteiger partial charge in [-0.15, -0.1) is 0 Å². The maximum absolute atomic E-state index is 12.7. The molecule has 9 heteroatoms. The molecule has 0 atom stereocenters. The van der Waals surface area contributed by atoms with Crippen molar-refractivity contribution in [2.24, 2.45) is 0 Å². The lowest BCUT2D eigenvalue weighted by Gasteiger charge is -2.08. The fourth-order valence-electron chi connectivity index (χ4n) is 1.59. The van der Waals surface area contributed by atoms with Crippen LogP contribution < -0.4 is 4.74 Å². The smallest absolute Gasteiger partial charge is 0.349 e. The topological polar surface area (TPSA) is 103 Å². The van der Waals surface area contributed by atoms with Crippen LogP contribution >= 0.6 is 0 Å². The molecule has 0 radical (unpaired) electrons. The van der Waals surface area contributed by atoms with Crippen LogP contribution in [0, 0.1) is 0 Å². The predicted molar refractivity (Wildman–Crippen MR) is 72.1 cm³/mol. The number of aromatic nitrogens is 1. The predicted octanol–water partition coefficient (Wildman–Crippen LogP) is 2.02. The Balaban J connectivity index is 2.27. The quantitative estimate of drug-likeness (QED) is 0.677. The standard InChI is InChI=1S/C13H10FNO6S/c1-20-13(17)8-4-9(16)6-11(5-8)21-10-2-3-12(15-7-10)22(14,18)19/h2-7,16H,1H3. The zero-order valence-corrected chi connectivity index (χ0v) is 12.0. The van der Waals surface area contributed by atoms with E-state index in [-0.39, 0.29) is 22.8 Å². The van der Waals surface area contributed by atoms with E-state index in [1.165, 1.54) is 31.4 Å². The lowest BCUT2D eigenvalue weighted by molar-refractivity contribution is 0.0600. The molecule has 116 valence electrons. The first kappa shape index (κ1) is 15.7. The molecule has 1 aromatic heterocycles. The monoisotopic (exact) mass is 327 g/mol. The summed E-state index contributed by atoms with van der Waals surface area (Å²) in [5, 5.41) is 8.79. The summed E-state index contributed by atoms with van der Waals surface area (Å²) in [6.45, 7) is 0. The minimum absolute atomic E-state index is 0.0633. The van der Waals surface area contributed by atoms with Gasteiger partial charge in [-0.3, -0.25) is 0 Å². The highest BCUT2D eigenvalue weighted by atomic mass is 32.3. The van der Waals surface area contributed by atoms with Gasteiger partial charge in [0.05, 0.1) is 18.9 Å². The minimum atomic E-state index is -4.89. The molecule has 0 aliphatic carbocycles. The SMILES string of the molecule is COC(=O)c1cc(O)cc(Oc2ccc(S(=O)(=O)F)nc2)c1. The molecule has 0 aliphatic rings. The van der Waals surface area contributed by atoms with E-state index < -0.39 is 21.2 Å². The summed E-state index contributed by atoms with van der Waals surface area (Å²) in [5.41, 5.74) is 0.0633. The van der Waals surface area contributed by atoms with Crippen LogP contribution in [0.15, 0.2) is 41.6 Å². The Bertz CT molecular complexity index is 804. The van der Waals surface area contributed by atoms with Crippen LogP contribution in [0.1, 0.15) is 10.4 Å².